The molecule has 2 heterocycles. The first-order valence-corrected chi connectivity index (χ1v) is 10.5. The summed E-state index contributed by atoms with van der Waals surface area (Å²) in [6, 6.07) is 2.64. The molecule has 8 heteroatoms. The number of halogens is 1. The van der Waals surface area contributed by atoms with E-state index < -0.39 is 16.0 Å². The molecule has 0 unspecified atom stereocenters. The molecule has 1 aromatic carbocycles. The highest BCUT2D eigenvalue weighted by atomic mass is 35.5. The van der Waals surface area contributed by atoms with E-state index in [1.165, 1.54) is 16.4 Å². The molecular weight excluding hydrogens is 364 g/mol. The highest BCUT2D eigenvalue weighted by Gasteiger charge is 2.30. The number of anilines is 1. The molecule has 2 fully saturated rings. The van der Waals surface area contributed by atoms with Crippen molar-refractivity contribution in [1.29, 1.82) is 0 Å². The molecule has 3 rings (SSSR count). The molecule has 2 saturated heterocycles. The van der Waals surface area contributed by atoms with Crippen LogP contribution in [0.4, 0.5) is 5.69 Å². The van der Waals surface area contributed by atoms with E-state index in [-0.39, 0.29) is 15.5 Å². The van der Waals surface area contributed by atoms with Crippen LogP contribution in [0.2, 0.25) is 5.02 Å². The largest absolute Gasteiger partial charge is 0.545 e. The van der Waals surface area contributed by atoms with Crippen LogP contribution in [0, 0.1) is 0 Å². The highest BCUT2D eigenvalue weighted by Crippen LogP contribution is 2.34. The Balaban J connectivity index is 2.03. The van der Waals surface area contributed by atoms with Crippen LogP contribution in [0.3, 0.4) is 0 Å². The topological polar surface area (TPSA) is 80.7 Å². The van der Waals surface area contributed by atoms with Crippen LogP contribution in [-0.4, -0.2) is 44.9 Å². The lowest BCUT2D eigenvalue weighted by atomic mass is 10.1. The fraction of sp³-hybridized carbons (Fsp3) is 0.588. The second-order valence-electron chi connectivity index (χ2n) is 6.60. The Hall–Kier alpha value is -1.31. The van der Waals surface area contributed by atoms with E-state index in [1.54, 1.807) is 0 Å². The second kappa shape index (κ2) is 7.51. The van der Waals surface area contributed by atoms with Crippen LogP contribution >= 0.6 is 11.6 Å². The Morgan fingerprint density at radius 3 is 2.08 bits per heavy atom. The average Bonchev–Trinajstić information content (AvgIpc) is 2.62. The van der Waals surface area contributed by atoms with E-state index in [2.05, 4.69) is 0 Å². The molecule has 0 amide bonds. The molecule has 138 valence electrons. The van der Waals surface area contributed by atoms with Gasteiger partial charge >= 0.3 is 0 Å². The summed E-state index contributed by atoms with van der Waals surface area (Å²) in [4.78, 5) is 13.4. The second-order valence-corrected chi connectivity index (χ2v) is 8.91. The van der Waals surface area contributed by atoms with Gasteiger partial charge in [-0.25, -0.2) is 8.42 Å². The molecule has 25 heavy (non-hydrogen) atoms. The van der Waals surface area contributed by atoms with Crippen molar-refractivity contribution < 1.29 is 18.3 Å². The van der Waals surface area contributed by atoms with E-state index in [4.69, 9.17) is 11.6 Å². The van der Waals surface area contributed by atoms with Gasteiger partial charge in [0.05, 0.1) is 11.0 Å². The van der Waals surface area contributed by atoms with Gasteiger partial charge in [-0.2, -0.15) is 4.31 Å². The van der Waals surface area contributed by atoms with Crippen molar-refractivity contribution in [1.82, 2.24) is 4.31 Å². The SMILES string of the molecule is O=C([O-])c1cc(S(=O)(=O)N2CCCCC2)c(Cl)cc1N1CCCCC1. The van der Waals surface area contributed by atoms with Gasteiger partial charge in [0.1, 0.15) is 4.90 Å². The summed E-state index contributed by atoms with van der Waals surface area (Å²) in [6.45, 7) is 2.34. The number of carboxylic acids is 1. The minimum atomic E-state index is -3.80. The fourth-order valence-corrected chi connectivity index (χ4v) is 5.58. The molecule has 0 radical (unpaired) electrons. The number of rotatable bonds is 4. The van der Waals surface area contributed by atoms with Gasteiger partial charge < -0.3 is 14.8 Å². The van der Waals surface area contributed by atoms with Crippen LogP contribution in [0.15, 0.2) is 17.0 Å². The highest BCUT2D eigenvalue weighted by molar-refractivity contribution is 7.89. The van der Waals surface area contributed by atoms with Crippen molar-refractivity contribution >= 4 is 33.3 Å². The van der Waals surface area contributed by atoms with Crippen LogP contribution in [0.25, 0.3) is 0 Å². The van der Waals surface area contributed by atoms with Gasteiger partial charge in [-0.3, -0.25) is 0 Å². The molecular formula is C17H22ClN2O4S-. The zero-order valence-corrected chi connectivity index (χ0v) is 15.6. The van der Waals surface area contributed by atoms with Gasteiger partial charge in [-0.15, -0.1) is 0 Å². The van der Waals surface area contributed by atoms with Crippen molar-refractivity contribution in [3.05, 3.63) is 22.7 Å². The van der Waals surface area contributed by atoms with Crippen molar-refractivity contribution in [2.45, 2.75) is 43.4 Å². The van der Waals surface area contributed by atoms with Crippen LogP contribution < -0.4 is 10.0 Å². The Bertz CT molecular complexity index is 754. The van der Waals surface area contributed by atoms with Gasteiger partial charge in [0.25, 0.3) is 0 Å². The summed E-state index contributed by atoms with van der Waals surface area (Å²) in [6.07, 6.45) is 5.65. The molecule has 2 aliphatic heterocycles. The summed E-state index contributed by atoms with van der Waals surface area (Å²) >= 11 is 6.28. The third-order valence-corrected chi connectivity index (χ3v) is 7.26. The van der Waals surface area contributed by atoms with Gasteiger partial charge in [0, 0.05) is 37.4 Å². The Morgan fingerprint density at radius 1 is 0.960 bits per heavy atom. The van der Waals surface area contributed by atoms with E-state index in [0.29, 0.717) is 18.8 Å². The summed E-state index contributed by atoms with van der Waals surface area (Å²) in [5.74, 6) is -1.38. The van der Waals surface area contributed by atoms with Gasteiger partial charge in [-0.05, 0) is 44.2 Å². The summed E-state index contributed by atoms with van der Waals surface area (Å²) < 4.78 is 27.2. The van der Waals surface area contributed by atoms with E-state index in [1.807, 2.05) is 4.90 Å². The van der Waals surface area contributed by atoms with Gasteiger partial charge in [0.15, 0.2) is 0 Å². The first-order chi connectivity index (χ1) is 11.9. The molecule has 0 aromatic heterocycles. The maximum atomic E-state index is 12.9. The Labute approximate surface area is 153 Å². The number of sulfonamides is 1. The zero-order chi connectivity index (χ0) is 18.0. The third-order valence-electron chi connectivity index (χ3n) is 4.90. The fourth-order valence-electron chi connectivity index (χ4n) is 3.54. The molecule has 0 spiro atoms. The minimum Gasteiger partial charge on any atom is -0.545 e. The summed E-state index contributed by atoms with van der Waals surface area (Å²) in [7, 11) is -3.80. The zero-order valence-electron chi connectivity index (χ0n) is 14.0. The third kappa shape index (κ3) is 3.78. The normalized spacial score (nSPS) is 19.8. The lowest BCUT2D eigenvalue weighted by Gasteiger charge is -2.32. The maximum Gasteiger partial charge on any atom is 0.244 e. The molecule has 0 bridgehead atoms. The van der Waals surface area contributed by atoms with Crippen LogP contribution in [0.5, 0.6) is 0 Å². The van der Waals surface area contributed by atoms with Crippen molar-refractivity contribution in [2.24, 2.45) is 0 Å². The maximum absolute atomic E-state index is 12.9. The molecule has 6 nitrogen and oxygen atoms in total. The van der Waals surface area contributed by atoms with Crippen molar-refractivity contribution in [3.8, 4) is 0 Å². The lowest BCUT2D eigenvalue weighted by molar-refractivity contribution is -0.254. The number of carboxylic acid groups (broad SMARTS) is 1. The number of piperidine rings is 2. The number of carbonyl (C=O) groups excluding carboxylic acids is 1. The quantitative estimate of drug-likeness (QED) is 0.790. The molecule has 0 aliphatic carbocycles. The molecule has 0 atom stereocenters. The van der Waals surface area contributed by atoms with Gasteiger partial charge in [0.2, 0.25) is 10.0 Å². The molecule has 2 aliphatic rings. The van der Waals surface area contributed by atoms with E-state index in [0.717, 1.165) is 51.6 Å². The van der Waals surface area contributed by atoms with E-state index >= 15 is 0 Å². The molecule has 0 saturated carbocycles. The van der Waals surface area contributed by atoms with Crippen LogP contribution in [0.1, 0.15) is 48.9 Å². The Morgan fingerprint density at radius 2 is 1.52 bits per heavy atom. The number of aromatic carboxylic acids is 1. The molecule has 1 aromatic rings. The van der Waals surface area contributed by atoms with Crippen molar-refractivity contribution in [2.75, 3.05) is 31.1 Å². The number of benzene rings is 1. The summed E-state index contributed by atoms with van der Waals surface area (Å²) in [5.41, 5.74) is 0.337. The molecule has 0 N–H and O–H groups in total. The number of hydrogen-bond acceptors (Lipinski definition) is 5. The first-order valence-electron chi connectivity index (χ1n) is 8.71. The average molecular weight is 386 g/mol. The standard InChI is InChI=1S/C17H23ClN2O4S/c18-14-12-15(19-7-3-1-4-8-19)13(17(21)22)11-16(14)25(23,24)20-9-5-2-6-10-20/h11-12H,1-10H2,(H,21,22)/p-1. The number of hydrogen-bond donors (Lipinski definition) is 0. The predicted molar refractivity (Wildman–Crippen MR) is 94.5 cm³/mol. The van der Waals surface area contributed by atoms with Crippen LogP contribution in [-0.2, 0) is 10.0 Å². The number of nitrogens with zero attached hydrogens (tertiary/aromatic N) is 2. The number of carbonyl (C=O) groups is 1. The minimum absolute atomic E-state index is 0.0659. The van der Waals surface area contributed by atoms with E-state index in [9.17, 15) is 18.3 Å². The van der Waals surface area contributed by atoms with Crippen molar-refractivity contribution in [3.63, 3.8) is 0 Å². The smallest absolute Gasteiger partial charge is 0.244 e. The van der Waals surface area contributed by atoms with Gasteiger partial charge in [-0.1, -0.05) is 18.0 Å². The monoisotopic (exact) mass is 385 g/mol. The summed E-state index contributed by atoms with van der Waals surface area (Å²) in [5, 5.41) is 11.7. The predicted octanol–water partition coefficient (Wildman–Crippen LogP) is 1.87. The lowest BCUT2D eigenvalue weighted by Crippen LogP contribution is -2.36. The first kappa shape index (κ1) is 18.5. The Kier molecular flexibility index (Phi) is 5.55.